The van der Waals surface area contributed by atoms with E-state index in [1.54, 1.807) is 18.2 Å². The molecule has 0 saturated carbocycles. The Bertz CT molecular complexity index is 1150. The van der Waals surface area contributed by atoms with Crippen molar-refractivity contribution in [2.45, 2.75) is 5.60 Å². The number of hydrogen-bond acceptors (Lipinski definition) is 3. The Hall–Kier alpha value is -2.79. The van der Waals surface area contributed by atoms with Crippen LogP contribution in [0.15, 0.2) is 60.7 Å². The zero-order valence-corrected chi connectivity index (χ0v) is 18.8. The molecule has 0 aromatic heterocycles. The third-order valence-electron chi connectivity index (χ3n) is 5.05. The summed E-state index contributed by atoms with van der Waals surface area (Å²) in [6.07, 6.45) is 0. The number of nitrogens with zero attached hydrogens (tertiary/aromatic N) is 1. The second-order valence-corrected chi connectivity index (χ2v) is 8.82. The van der Waals surface area contributed by atoms with Crippen molar-refractivity contribution in [1.82, 2.24) is 4.90 Å². The number of para-hydroxylation sites is 1. The fourth-order valence-electron chi connectivity index (χ4n) is 3.40. The van der Waals surface area contributed by atoms with Crippen LogP contribution in [-0.2, 0) is 0 Å². The molecular weight excluding hydrogens is 536 g/mol. The van der Waals surface area contributed by atoms with Crippen molar-refractivity contribution in [3.63, 3.8) is 0 Å². The van der Waals surface area contributed by atoms with Crippen molar-refractivity contribution in [2.24, 2.45) is 0 Å². The maximum Gasteiger partial charge on any atom is 0.256 e. The first-order valence-electron chi connectivity index (χ1n) is 9.68. The Kier molecular flexibility index (Phi) is 6.29. The molecule has 32 heavy (non-hydrogen) atoms. The van der Waals surface area contributed by atoms with Crippen molar-refractivity contribution in [3.05, 3.63) is 87.2 Å². The first-order valence-corrected chi connectivity index (χ1v) is 10.8. The molecule has 0 atom stereocenters. The second kappa shape index (κ2) is 8.99. The van der Waals surface area contributed by atoms with Crippen molar-refractivity contribution >= 4 is 39.9 Å². The maximum absolute atomic E-state index is 14.6. The van der Waals surface area contributed by atoms with E-state index in [9.17, 15) is 18.0 Å². The zero-order chi connectivity index (χ0) is 22.9. The van der Waals surface area contributed by atoms with Crippen LogP contribution in [-0.4, -0.2) is 41.2 Å². The molecule has 1 heterocycles. The monoisotopic (exact) mass is 555 g/mol. The Morgan fingerprint density at radius 1 is 1.06 bits per heavy atom. The lowest BCUT2D eigenvalue weighted by atomic mass is 9.94. The van der Waals surface area contributed by atoms with Crippen LogP contribution >= 0.6 is 22.6 Å². The van der Waals surface area contributed by atoms with E-state index in [1.807, 2.05) is 40.8 Å². The van der Waals surface area contributed by atoms with Crippen LogP contribution in [0.5, 0.6) is 5.75 Å². The van der Waals surface area contributed by atoms with Gasteiger partial charge in [0.15, 0.2) is 18.2 Å². The number of carbonyl (C=O) groups is 1. The van der Waals surface area contributed by atoms with E-state index in [1.165, 1.54) is 17.0 Å². The molecule has 4 rings (SSSR count). The third-order valence-corrected chi connectivity index (χ3v) is 5.72. The summed E-state index contributed by atoms with van der Waals surface area (Å²) in [4.78, 5) is 14.3. The molecule has 3 N–H and O–H groups in total. The van der Waals surface area contributed by atoms with Gasteiger partial charge in [0.1, 0.15) is 24.7 Å². The number of carbonyl (C=O) groups excluding carboxylic acids is 1. The summed E-state index contributed by atoms with van der Waals surface area (Å²) in [5.74, 6) is -3.06. The lowest BCUT2D eigenvalue weighted by molar-refractivity contribution is -0.104. The highest BCUT2D eigenvalue weighted by Crippen LogP contribution is 2.32. The molecule has 1 amide bonds. The molecule has 1 aliphatic rings. The number of likely N-dealkylation sites (tertiary alicyclic amines) is 1. The van der Waals surface area contributed by atoms with Gasteiger partial charge in [0.2, 0.25) is 5.60 Å². The molecule has 1 aliphatic heterocycles. The highest BCUT2D eigenvalue weighted by atomic mass is 127. The number of benzene rings is 3. The fraction of sp³-hybridized carbons (Fsp3) is 0.174. The van der Waals surface area contributed by atoms with Crippen LogP contribution in [0.1, 0.15) is 10.4 Å². The lowest BCUT2D eigenvalue weighted by Gasteiger charge is -2.42. The SMILES string of the molecule is O=C(c1ccc(F)c(F)c1Nc1ccc(I)cc1F)N1CC([OH2+])(COc2ccccc2)C1. The Balaban J connectivity index is 1.50. The summed E-state index contributed by atoms with van der Waals surface area (Å²) in [7, 11) is 0. The Morgan fingerprint density at radius 2 is 1.78 bits per heavy atom. The topological polar surface area (TPSA) is 64.5 Å². The molecule has 0 radical (unpaired) electrons. The molecule has 1 fully saturated rings. The number of nitrogens with one attached hydrogen (secondary N) is 1. The van der Waals surface area contributed by atoms with Crippen LogP contribution in [0.2, 0.25) is 0 Å². The number of rotatable bonds is 6. The van der Waals surface area contributed by atoms with Crippen LogP contribution in [0.4, 0.5) is 24.5 Å². The normalized spacial score (nSPS) is 14.6. The molecule has 0 unspecified atom stereocenters. The van der Waals surface area contributed by atoms with Crippen LogP contribution in [0.3, 0.4) is 0 Å². The molecule has 3 aromatic carbocycles. The summed E-state index contributed by atoms with van der Waals surface area (Å²) in [6.45, 7) is 0.210. The lowest BCUT2D eigenvalue weighted by Crippen LogP contribution is -2.66. The van der Waals surface area contributed by atoms with Gasteiger partial charge in [0.05, 0.1) is 16.9 Å². The van der Waals surface area contributed by atoms with Crippen molar-refractivity contribution in [2.75, 3.05) is 25.0 Å². The van der Waals surface area contributed by atoms with Crippen molar-refractivity contribution < 1.29 is 27.8 Å². The highest BCUT2D eigenvalue weighted by molar-refractivity contribution is 14.1. The second-order valence-electron chi connectivity index (χ2n) is 7.58. The number of anilines is 2. The highest BCUT2D eigenvalue weighted by Gasteiger charge is 2.50. The van der Waals surface area contributed by atoms with E-state index in [0.29, 0.717) is 9.32 Å². The van der Waals surface area contributed by atoms with Gasteiger partial charge in [0.25, 0.3) is 5.91 Å². The van der Waals surface area contributed by atoms with Gasteiger partial charge < -0.3 is 20.1 Å². The van der Waals surface area contributed by atoms with E-state index in [4.69, 9.17) is 9.84 Å². The van der Waals surface area contributed by atoms with Gasteiger partial charge in [-0.05, 0) is 65.1 Å². The first kappa shape index (κ1) is 22.4. The Labute approximate surface area is 196 Å². The van der Waals surface area contributed by atoms with E-state index >= 15 is 0 Å². The van der Waals surface area contributed by atoms with Gasteiger partial charge in [-0.15, -0.1) is 0 Å². The van der Waals surface area contributed by atoms with Crippen molar-refractivity contribution in [3.8, 4) is 5.75 Å². The molecule has 0 aliphatic carbocycles. The minimum absolute atomic E-state index is 0.0645. The molecule has 0 bridgehead atoms. The van der Waals surface area contributed by atoms with Gasteiger partial charge in [-0.2, -0.15) is 0 Å². The molecule has 9 heteroatoms. The summed E-state index contributed by atoms with van der Waals surface area (Å²) >= 11 is 1.93. The van der Waals surface area contributed by atoms with Gasteiger partial charge in [0, 0.05) is 3.57 Å². The minimum Gasteiger partial charge on any atom is -0.485 e. The first-order chi connectivity index (χ1) is 15.3. The predicted molar refractivity (Wildman–Crippen MR) is 123 cm³/mol. The standard InChI is InChI=1S/C23H18F3IN2O3/c24-17-8-7-16(21(20(17)26)28-19-9-6-14(27)10-18(19)25)22(30)29-11-23(31,12-29)13-32-15-4-2-1-3-5-15/h1-10,28,31H,11-13H2/p+1. The average molecular weight is 555 g/mol. The summed E-state index contributed by atoms with van der Waals surface area (Å²) in [5.41, 5.74) is -1.69. The molecular formula is C23H19F3IN2O3+. The number of hydrogen-bond donors (Lipinski definition) is 1. The minimum atomic E-state index is -1.28. The maximum atomic E-state index is 14.6. The fourth-order valence-corrected chi connectivity index (χ4v) is 3.86. The predicted octanol–water partition coefficient (Wildman–Crippen LogP) is 4.45. The summed E-state index contributed by atoms with van der Waals surface area (Å²) in [6, 6.07) is 15.2. The number of ether oxygens (including phenoxy) is 1. The van der Waals surface area contributed by atoms with Gasteiger partial charge in [-0.1, -0.05) is 18.2 Å². The quantitative estimate of drug-likeness (QED) is 0.361. The van der Waals surface area contributed by atoms with Crippen LogP contribution < -0.4 is 10.1 Å². The molecule has 5 nitrogen and oxygen atoms in total. The largest absolute Gasteiger partial charge is 0.485 e. The van der Waals surface area contributed by atoms with E-state index < -0.39 is 34.6 Å². The third kappa shape index (κ3) is 4.68. The van der Waals surface area contributed by atoms with E-state index in [2.05, 4.69) is 5.32 Å². The number of amides is 1. The van der Waals surface area contributed by atoms with E-state index in [0.717, 1.165) is 12.1 Å². The number of halogens is 4. The molecule has 0 spiro atoms. The molecule has 1 saturated heterocycles. The zero-order valence-electron chi connectivity index (χ0n) is 16.7. The van der Waals surface area contributed by atoms with Gasteiger partial charge in [-0.25, -0.2) is 13.2 Å². The Morgan fingerprint density at radius 3 is 2.47 bits per heavy atom. The van der Waals surface area contributed by atoms with Crippen LogP contribution in [0.25, 0.3) is 0 Å². The van der Waals surface area contributed by atoms with E-state index in [-0.39, 0.29) is 30.9 Å². The smallest absolute Gasteiger partial charge is 0.256 e. The van der Waals surface area contributed by atoms with Crippen LogP contribution in [0, 0.1) is 21.0 Å². The summed E-state index contributed by atoms with van der Waals surface area (Å²) in [5, 5.41) is 11.0. The molecule has 3 aromatic rings. The molecule has 166 valence electrons. The summed E-state index contributed by atoms with van der Waals surface area (Å²) < 4.78 is 49.0. The van der Waals surface area contributed by atoms with Gasteiger partial charge in [-0.3, -0.25) is 4.79 Å². The van der Waals surface area contributed by atoms with Crippen molar-refractivity contribution in [1.29, 1.82) is 0 Å². The average Bonchev–Trinajstić information content (AvgIpc) is 2.75. The van der Waals surface area contributed by atoms with Gasteiger partial charge >= 0.3 is 0 Å².